The third-order valence-corrected chi connectivity index (χ3v) is 5.66. The number of aliphatic hydroxyl groups excluding tert-OH is 5. The number of amides is 1. The van der Waals surface area contributed by atoms with Crippen LogP contribution in [0.3, 0.4) is 0 Å². The Morgan fingerprint density at radius 1 is 0.929 bits per heavy atom. The molecule has 4 atom stereocenters. The minimum absolute atomic E-state index is 0.0936. The van der Waals surface area contributed by atoms with Gasteiger partial charge in [0.25, 0.3) is 5.91 Å². The highest BCUT2D eigenvalue weighted by atomic mass is 35.5. The number of rotatable bonds is 10. The molecule has 2 aromatic carbocycles. The molecule has 0 unspecified atom stereocenters. The van der Waals surface area contributed by atoms with Crippen LogP contribution in [0, 0.1) is 0 Å². The zero-order valence-electron chi connectivity index (χ0n) is 21.1. The van der Waals surface area contributed by atoms with Gasteiger partial charge in [-0.1, -0.05) is 11.6 Å². The van der Waals surface area contributed by atoms with E-state index in [0.717, 1.165) is 18.2 Å². The van der Waals surface area contributed by atoms with E-state index in [1.54, 1.807) is 12.4 Å². The Morgan fingerprint density at radius 2 is 1.43 bits per heavy atom. The summed E-state index contributed by atoms with van der Waals surface area (Å²) in [6.45, 7) is -0.569. The van der Waals surface area contributed by atoms with Crippen LogP contribution in [0.1, 0.15) is 21.5 Å². The molecule has 0 spiro atoms. The first-order valence-electron chi connectivity index (χ1n) is 11.2. The van der Waals surface area contributed by atoms with Gasteiger partial charge in [-0.05, 0) is 43.4 Å². The summed E-state index contributed by atoms with van der Waals surface area (Å²) in [5.74, 6) is -2.01. The van der Waals surface area contributed by atoms with E-state index in [-0.39, 0.29) is 29.8 Å². The fraction of sp³-hybridized carbons (Fsp3) is 0.409. The Kier molecular flexibility index (Phi) is 13.7. The molecule has 0 aromatic heterocycles. The van der Waals surface area contributed by atoms with Gasteiger partial charge in [0.15, 0.2) is 0 Å². The minimum atomic E-state index is -5.13. The largest absolute Gasteiger partial charge is 0.524 e. The fourth-order valence-corrected chi connectivity index (χ4v) is 3.59. The third-order valence-electron chi connectivity index (χ3n) is 4.99. The summed E-state index contributed by atoms with van der Waals surface area (Å²) in [6, 6.07) is 3.25. The number of alkyl halides is 6. The smallest absolute Gasteiger partial charge is 0.403 e. The van der Waals surface area contributed by atoms with Gasteiger partial charge in [0, 0.05) is 17.3 Å². The monoisotopic (exact) mass is 658 g/mol. The van der Waals surface area contributed by atoms with Crippen molar-refractivity contribution in [2.24, 2.45) is 0 Å². The summed E-state index contributed by atoms with van der Waals surface area (Å²) in [5.41, 5.74) is -4.83. The standard InChI is InChI=1S/C15H9ClF6NO5P.C7H17NO5/c16-9-1-2-12(28-29(25,26)27)11(6-9)13(24)23-10-4-7(14(17,18)19)3-8(5-10)15(20,21)22;1-8-2-4(10)6(12)7(13)5(11)3-9/h1-6H,(H,23,24)(H2,25,26,27);4-13H,2-3H2,1H3/t;4-,5+,6+,7+/m.0/s1. The van der Waals surface area contributed by atoms with E-state index < -0.39 is 85.2 Å². The van der Waals surface area contributed by atoms with Gasteiger partial charge in [-0.3, -0.25) is 14.6 Å². The van der Waals surface area contributed by atoms with E-state index >= 15 is 0 Å². The van der Waals surface area contributed by atoms with Crippen LogP contribution in [-0.2, 0) is 16.9 Å². The van der Waals surface area contributed by atoms with Crippen molar-refractivity contribution in [3.05, 3.63) is 58.1 Å². The lowest BCUT2D eigenvalue weighted by molar-refractivity contribution is -0.143. The minimum Gasteiger partial charge on any atom is -0.403 e. The van der Waals surface area contributed by atoms with Crippen LogP contribution in [-0.4, -0.2) is 85.8 Å². The molecule has 0 saturated carbocycles. The molecule has 0 heterocycles. The Hall–Kier alpha value is -2.51. The molecule has 0 radical (unpaired) electrons. The van der Waals surface area contributed by atoms with Gasteiger partial charge >= 0.3 is 20.2 Å². The second kappa shape index (κ2) is 15.3. The highest BCUT2D eigenvalue weighted by Gasteiger charge is 2.37. The molecule has 20 heteroatoms. The molecule has 12 nitrogen and oxygen atoms in total. The third kappa shape index (κ3) is 12.0. The number of likely N-dealkylation sites (N-methyl/N-ethyl adjacent to an activating group) is 1. The number of anilines is 1. The summed E-state index contributed by atoms with van der Waals surface area (Å²) >= 11 is 5.68. The number of hydrogen-bond donors (Lipinski definition) is 9. The summed E-state index contributed by atoms with van der Waals surface area (Å²) in [6.07, 6.45) is -15.9. The van der Waals surface area contributed by atoms with E-state index in [1.165, 1.54) is 0 Å². The van der Waals surface area contributed by atoms with Crippen LogP contribution in [0.25, 0.3) is 0 Å². The maximum Gasteiger partial charge on any atom is 0.524 e. The Balaban J connectivity index is 0.000000572. The van der Waals surface area contributed by atoms with Crippen LogP contribution < -0.4 is 15.2 Å². The second-order valence-electron chi connectivity index (χ2n) is 8.33. The van der Waals surface area contributed by atoms with Crippen molar-refractivity contribution in [3.63, 3.8) is 0 Å². The molecular formula is C22H26ClF6N2O10P. The molecule has 2 aromatic rings. The molecule has 0 saturated heterocycles. The van der Waals surface area contributed by atoms with Crippen molar-refractivity contribution in [1.82, 2.24) is 5.32 Å². The molecule has 0 aliphatic heterocycles. The zero-order chi connectivity index (χ0) is 32.6. The van der Waals surface area contributed by atoms with Gasteiger partial charge in [0.05, 0.1) is 29.4 Å². The highest BCUT2D eigenvalue weighted by Crippen LogP contribution is 2.41. The van der Waals surface area contributed by atoms with Crippen molar-refractivity contribution in [2.75, 3.05) is 25.5 Å². The predicted octanol–water partition coefficient (Wildman–Crippen LogP) is 1.74. The van der Waals surface area contributed by atoms with Crippen LogP contribution in [0.4, 0.5) is 32.0 Å². The molecule has 0 aliphatic carbocycles. The average Bonchev–Trinajstić information content (AvgIpc) is 2.86. The second-order valence-corrected chi connectivity index (χ2v) is 9.93. The quantitative estimate of drug-likeness (QED) is 0.133. The summed E-state index contributed by atoms with van der Waals surface area (Å²) in [4.78, 5) is 30.1. The summed E-state index contributed by atoms with van der Waals surface area (Å²) in [7, 11) is -3.56. The predicted molar refractivity (Wildman–Crippen MR) is 134 cm³/mol. The molecule has 0 bridgehead atoms. The lowest BCUT2D eigenvalue weighted by atomic mass is 10.0. The van der Waals surface area contributed by atoms with E-state index in [0.29, 0.717) is 0 Å². The number of aliphatic hydroxyl groups is 5. The number of benzene rings is 2. The number of nitrogens with one attached hydrogen (secondary N) is 2. The SMILES string of the molecule is CNC[C@H](O)[C@@H](O)[C@H](O)[C@H](O)CO.O=C(Nc1cc(C(F)(F)F)cc(C(F)(F)F)c1)c1cc(Cl)ccc1OP(=O)(O)O. The average molecular weight is 659 g/mol. The molecular weight excluding hydrogens is 633 g/mol. The number of carbonyl (C=O) groups is 1. The normalized spacial score (nSPS) is 15.1. The van der Waals surface area contributed by atoms with Gasteiger partial charge < -0.3 is 40.7 Å². The number of phosphoric acid groups is 1. The Bertz CT molecular complexity index is 1210. The summed E-state index contributed by atoms with van der Waals surface area (Å²) in [5, 5.41) is 49.2. The maximum atomic E-state index is 12.9. The Morgan fingerprint density at radius 3 is 1.86 bits per heavy atom. The molecule has 42 heavy (non-hydrogen) atoms. The number of phosphoric ester groups is 1. The van der Waals surface area contributed by atoms with Crippen molar-refractivity contribution >= 4 is 31.0 Å². The van der Waals surface area contributed by atoms with Crippen molar-refractivity contribution in [3.8, 4) is 5.75 Å². The topological polar surface area (TPSA) is 209 Å². The van der Waals surface area contributed by atoms with E-state index in [2.05, 4.69) is 9.84 Å². The van der Waals surface area contributed by atoms with Gasteiger partial charge in [-0.15, -0.1) is 0 Å². The van der Waals surface area contributed by atoms with Crippen LogP contribution in [0.15, 0.2) is 36.4 Å². The highest BCUT2D eigenvalue weighted by molar-refractivity contribution is 7.46. The van der Waals surface area contributed by atoms with Crippen molar-refractivity contribution in [1.29, 1.82) is 0 Å². The van der Waals surface area contributed by atoms with Crippen LogP contribution in [0.5, 0.6) is 5.75 Å². The van der Waals surface area contributed by atoms with E-state index in [1.807, 2.05) is 0 Å². The van der Waals surface area contributed by atoms with Gasteiger partial charge in [0.2, 0.25) is 0 Å². The summed E-state index contributed by atoms with van der Waals surface area (Å²) < 4.78 is 92.6. The fourth-order valence-electron chi connectivity index (χ4n) is 3.01. The lowest BCUT2D eigenvalue weighted by Gasteiger charge is -2.25. The number of hydrogen-bond acceptors (Lipinski definition) is 9. The van der Waals surface area contributed by atoms with Crippen molar-refractivity contribution < 1.29 is 75.5 Å². The molecule has 9 N–H and O–H groups in total. The lowest BCUT2D eigenvalue weighted by Crippen LogP contribution is -2.48. The first-order chi connectivity index (χ1) is 19.1. The van der Waals surface area contributed by atoms with Crippen LogP contribution in [0.2, 0.25) is 5.02 Å². The Labute approximate surface area is 238 Å². The molecule has 1 amide bonds. The molecule has 0 aliphatic rings. The molecule has 0 fully saturated rings. The van der Waals surface area contributed by atoms with Gasteiger partial charge in [-0.2, -0.15) is 26.3 Å². The van der Waals surface area contributed by atoms with E-state index in [9.17, 15) is 40.8 Å². The zero-order valence-corrected chi connectivity index (χ0v) is 22.8. The maximum absolute atomic E-state index is 12.9. The van der Waals surface area contributed by atoms with E-state index in [4.69, 9.17) is 41.8 Å². The van der Waals surface area contributed by atoms with Crippen molar-refractivity contribution in [2.45, 2.75) is 36.8 Å². The van der Waals surface area contributed by atoms with Gasteiger partial charge in [0.1, 0.15) is 24.1 Å². The van der Waals surface area contributed by atoms with Gasteiger partial charge in [-0.25, -0.2) is 4.57 Å². The number of halogens is 7. The van der Waals surface area contributed by atoms with Crippen LogP contribution >= 0.6 is 19.4 Å². The first-order valence-corrected chi connectivity index (χ1v) is 13.1. The molecule has 2 rings (SSSR count). The first kappa shape index (κ1) is 37.5. The molecule has 238 valence electrons. The number of carbonyl (C=O) groups excluding carboxylic acids is 1.